The summed E-state index contributed by atoms with van der Waals surface area (Å²) >= 11 is 10.7. The Bertz CT molecular complexity index is 623. The first-order valence-electron chi connectivity index (χ1n) is 6.42. The van der Waals surface area contributed by atoms with E-state index in [2.05, 4.69) is 73.4 Å². The van der Waals surface area contributed by atoms with Gasteiger partial charge in [-0.2, -0.15) is 24.3 Å². The Morgan fingerprint density at radius 1 is 0.846 bits per heavy atom. The van der Waals surface area contributed by atoms with Crippen LogP contribution in [0.3, 0.4) is 0 Å². The van der Waals surface area contributed by atoms with Crippen LogP contribution in [-0.2, 0) is 47.5 Å². The fourth-order valence-corrected chi connectivity index (χ4v) is 1.47. The quantitative estimate of drug-likeness (QED) is 0.221. The standard InChI is InChI=1S/2C7H7N2O2.2BrH.2Pd/c2*8-5-6-2-1-3-7(4-6)9(10)11;;;;/h2*1,3-4H,5,8H2;2*1H;;/q2*-1;;;2*+2/p-2. The summed E-state index contributed by atoms with van der Waals surface area (Å²) < 4.78 is 0. The van der Waals surface area contributed by atoms with E-state index in [1.54, 1.807) is 0 Å². The second-order valence-electron chi connectivity index (χ2n) is 4.07. The molecule has 0 spiro atoms. The summed E-state index contributed by atoms with van der Waals surface area (Å²) in [7, 11) is 0. The number of hydrogen-bond donors (Lipinski definition) is 2. The van der Waals surface area contributed by atoms with Crippen LogP contribution in [-0.4, -0.2) is 9.85 Å². The Morgan fingerprint density at radius 2 is 1.15 bits per heavy atom. The molecule has 0 bridgehead atoms. The maximum atomic E-state index is 10.2. The number of nitro groups is 2. The fraction of sp³-hybridized carbons (Fsp3) is 0.143. The van der Waals surface area contributed by atoms with Gasteiger partial charge in [-0.05, 0) is 13.1 Å². The van der Waals surface area contributed by atoms with E-state index >= 15 is 0 Å². The minimum absolute atomic E-state index is 0.0594. The van der Waals surface area contributed by atoms with Crippen molar-refractivity contribution in [1.82, 2.24) is 0 Å². The maximum absolute atomic E-state index is 10.2. The molecule has 0 saturated carbocycles. The molecule has 148 valence electrons. The van der Waals surface area contributed by atoms with Crippen LogP contribution in [0.2, 0.25) is 0 Å². The van der Waals surface area contributed by atoms with E-state index in [1.807, 2.05) is 0 Å². The van der Waals surface area contributed by atoms with Crippen LogP contribution in [0, 0.1) is 32.4 Å². The van der Waals surface area contributed by atoms with Crippen LogP contribution in [0.15, 0.2) is 36.4 Å². The summed E-state index contributed by atoms with van der Waals surface area (Å²) in [6, 6.07) is 14.2. The van der Waals surface area contributed by atoms with Crippen LogP contribution >= 0.6 is 26.9 Å². The molecule has 26 heavy (non-hydrogen) atoms. The number of halogens is 2. The number of non-ortho nitro benzene ring substituents is 2. The average Bonchev–Trinajstić information content (AvgIpc) is 2.71. The first-order valence-corrected chi connectivity index (χ1v) is 13.5. The van der Waals surface area contributed by atoms with Crippen LogP contribution in [0.25, 0.3) is 0 Å². The monoisotopic (exact) mass is 672 g/mol. The van der Waals surface area contributed by atoms with Crippen molar-refractivity contribution in [2.45, 2.75) is 13.1 Å². The SMILES string of the molecule is NCc1[c-]ccc([N+](=O)[O-])c1.NCc1[c-]ccc([N+](=O)[O-])c1.[Br][Pd+].[Br][Pd+]. The van der Waals surface area contributed by atoms with Crippen molar-refractivity contribution in [1.29, 1.82) is 0 Å². The van der Waals surface area contributed by atoms with Gasteiger partial charge in [0.1, 0.15) is 0 Å². The van der Waals surface area contributed by atoms with Gasteiger partial charge in [-0.3, -0.25) is 20.2 Å². The molecule has 4 N–H and O–H groups in total. The Labute approximate surface area is 185 Å². The van der Waals surface area contributed by atoms with Gasteiger partial charge in [-0.15, -0.1) is 11.1 Å². The van der Waals surface area contributed by atoms with Gasteiger partial charge in [0.15, 0.2) is 11.4 Å². The van der Waals surface area contributed by atoms with Gasteiger partial charge < -0.3 is 11.5 Å². The third-order valence-corrected chi connectivity index (χ3v) is 2.55. The molecule has 2 rings (SSSR count). The Kier molecular flexibility index (Phi) is 19.0. The summed E-state index contributed by atoms with van der Waals surface area (Å²) in [6.07, 6.45) is 0. The summed E-state index contributed by atoms with van der Waals surface area (Å²) in [5.41, 5.74) is 12.0. The molecule has 0 aliphatic heterocycles. The zero-order valence-electron chi connectivity index (χ0n) is 12.9. The molecular weight excluding hydrogens is 661 g/mol. The van der Waals surface area contributed by atoms with E-state index in [-0.39, 0.29) is 24.5 Å². The van der Waals surface area contributed by atoms with Gasteiger partial charge >= 0.3 is 61.2 Å². The van der Waals surface area contributed by atoms with E-state index in [0.717, 1.165) is 0 Å². The van der Waals surface area contributed by atoms with Gasteiger partial charge in [-0.25, -0.2) is 0 Å². The molecule has 0 atom stereocenters. The second kappa shape index (κ2) is 17.8. The van der Waals surface area contributed by atoms with E-state index in [1.165, 1.54) is 36.4 Å². The molecule has 0 heterocycles. The number of nitrogens with two attached hydrogens (primary N) is 2. The summed E-state index contributed by atoms with van der Waals surface area (Å²) in [5, 5.41) is 20.4. The first kappa shape index (κ1) is 27.7. The van der Waals surface area contributed by atoms with Gasteiger partial charge in [0, 0.05) is 9.85 Å². The van der Waals surface area contributed by atoms with Gasteiger partial charge in [0.25, 0.3) is 0 Å². The third-order valence-electron chi connectivity index (χ3n) is 2.55. The fourth-order valence-electron chi connectivity index (χ4n) is 1.47. The second-order valence-corrected chi connectivity index (χ2v) is 4.07. The van der Waals surface area contributed by atoms with E-state index < -0.39 is 9.85 Å². The number of nitro benzene ring substituents is 2. The molecular formula is C14H14Br2N4O4Pd2. The molecule has 2 aromatic rings. The van der Waals surface area contributed by atoms with Crippen molar-refractivity contribution < 1.29 is 44.2 Å². The average molecular weight is 675 g/mol. The van der Waals surface area contributed by atoms with Crippen LogP contribution in [0.5, 0.6) is 0 Å². The molecule has 0 aliphatic carbocycles. The molecule has 0 fully saturated rings. The van der Waals surface area contributed by atoms with Crippen LogP contribution < -0.4 is 11.5 Å². The molecule has 0 amide bonds. The molecule has 0 saturated heterocycles. The van der Waals surface area contributed by atoms with Gasteiger partial charge in [0.05, 0.1) is 0 Å². The molecule has 0 unspecified atom stereocenters. The number of hydrogen-bond acceptors (Lipinski definition) is 6. The summed E-state index contributed by atoms with van der Waals surface area (Å²) in [4.78, 5) is 19.5. The van der Waals surface area contributed by atoms with E-state index in [9.17, 15) is 20.2 Å². The topological polar surface area (TPSA) is 138 Å². The zero-order chi connectivity index (χ0) is 20.5. The minimum atomic E-state index is -0.451. The number of rotatable bonds is 4. The Morgan fingerprint density at radius 3 is 1.38 bits per heavy atom. The first-order chi connectivity index (χ1) is 12.5. The van der Waals surface area contributed by atoms with Crippen LogP contribution in [0.1, 0.15) is 11.1 Å². The Hall–Kier alpha value is -0.555. The predicted octanol–water partition coefficient (Wildman–Crippen LogP) is 3.39. The molecule has 0 radical (unpaired) electrons. The van der Waals surface area contributed by atoms with E-state index in [4.69, 9.17) is 11.5 Å². The van der Waals surface area contributed by atoms with Crippen molar-refractivity contribution in [3.63, 3.8) is 0 Å². The Balaban J connectivity index is 0. The van der Waals surface area contributed by atoms with Gasteiger partial charge in [-0.1, -0.05) is 24.3 Å². The van der Waals surface area contributed by atoms with Crippen molar-refractivity contribution in [2.24, 2.45) is 11.5 Å². The third kappa shape index (κ3) is 11.9. The van der Waals surface area contributed by atoms with Gasteiger partial charge in [0.2, 0.25) is 0 Å². The molecule has 0 aliphatic rings. The molecule has 8 nitrogen and oxygen atoms in total. The van der Waals surface area contributed by atoms with Crippen LogP contribution in [0.4, 0.5) is 11.4 Å². The summed E-state index contributed by atoms with van der Waals surface area (Å²) in [5.74, 6) is 0. The predicted molar refractivity (Wildman–Crippen MR) is 97.5 cm³/mol. The summed E-state index contributed by atoms with van der Waals surface area (Å²) in [6.45, 7) is 0.559. The molecule has 2 aromatic carbocycles. The van der Waals surface area contributed by atoms with Crippen molar-refractivity contribution >= 4 is 38.2 Å². The molecule has 12 heteroatoms. The van der Waals surface area contributed by atoms with Crippen molar-refractivity contribution in [3.05, 3.63) is 79.9 Å². The van der Waals surface area contributed by atoms with Crippen molar-refractivity contribution in [2.75, 3.05) is 0 Å². The van der Waals surface area contributed by atoms with Crippen molar-refractivity contribution in [3.8, 4) is 0 Å². The zero-order valence-corrected chi connectivity index (χ0v) is 19.2. The number of benzene rings is 2. The number of nitrogens with zero attached hydrogens (tertiary/aromatic N) is 2. The normalized spacial score (nSPS) is 8.62. The molecule has 0 aromatic heterocycles. The van der Waals surface area contributed by atoms with E-state index in [0.29, 0.717) is 11.1 Å².